The minimum Gasteiger partial charge on any atom is -0.349 e. The minimum atomic E-state index is -0.523. The lowest BCUT2D eigenvalue weighted by molar-refractivity contribution is -0.128. The molecule has 4 heterocycles. The second-order valence-corrected chi connectivity index (χ2v) is 11.1. The summed E-state index contributed by atoms with van der Waals surface area (Å²) in [6, 6.07) is 10.4. The Balaban J connectivity index is 1.83. The largest absolute Gasteiger partial charge is 0.355 e. The maximum absolute atomic E-state index is 16.0. The molecule has 2 atom stereocenters. The SMILES string of the molecule is C=CC(=O)N1CC(C)N(c2nc(=O)n(-c3c(C)ccnc3C(C)C)c3nc(-c4ccccc4C)c(F)cc23)CC1C. The molecule has 1 fully saturated rings. The van der Waals surface area contributed by atoms with Crippen LogP contribution >= 0.6 is 0 Å². The first kappa shape index (κ1) is 28.1. The van der Waals surface area contributed by atoms with Gasteiger partial charge in [-0.05, 0) is 62.9 Å². The van der Waals surface area contributed by atoms with E-state index in [-0.39, 0.29) is 29.6 Å². The van der Waals surface area contributed by atoms with Crippen LogP contribution in [0.1, 0.15) is 50.4 Å². The summed E-state index contributed by atoms with van der Waals surface area (Å²) in [7, 11) is 0. The Kier molecular flexibility index (Phi) is 7.46. The van der Waals surface area contributed by atoms with Gasteiger partial charge in [0.15, 0.2) is 5.65 Å². The molecule has 41 heavy (non-hydrogen) atoms. The summed E-state index contributed by atoms with van der Waals surface area (Å²) < 4.78 is 17.4. The summed E-state index contributed by atoms with van der Waals surface area (Å²) in [6.45, 7) is 16.2. The number of halogens is 1. The first-order chi connectivity index (χ1) is 19.5. The van der Waals surface area contributed by atoms with E-state index < -0.39 is 11.5 Å². The molecule has 2 unspecified atom stereocenters. The van der Waals surface area contributed by atoms with Crippen LogP contribution in [0.25, 0.3) is 28.0 Å². The number of fused-ring (bicyclic) bond motifs is 1. The van der Waals surface area contributed by atoms with Crippen molar-refractivity contribution in [1.82, 2.24) is 24.4 Å². The van der Waals surface area contributed by atoms with Crippen LogP contribution in [0.3, 0.4) is 0 Å². The standard InChI is InChI=1S/C32H35FN6O2/c1-8-26(40)37-16-22(7)38(17-21(37)6)30-24-15-25(33)28(23-12-10-9-11-19(23)4)35-31(24)39(32(41)36-30)29-20(5)13-14-34-27(29)18(2)3/h8-15,18,21-22H,1,16-17H2,2-7H3. The predicted octanol–water partition coefficient (Wildman–Crippen LogP) is 5.33. The van der Waals surface area contributed by atoms with Crippen molar-refractivity contribution in [2.24, 2.45) is 0 Å². The van der Waals surface area contributed by atoms with Gasteiger partial charge in [0.25, 0.3) is 0 Å². The first-order valence-corrected chi connectivity index (χ1v) is 13.9. The summed E-state index contributed by atoms with van der Waals surface area (Å²) in [6.07, 6.45) is 3.03. The number of rotatable bonds is 5. The molecule has 0 radical (unpaired) electrons. The maximum Gasteiger partial charge on any atom is 0.355 e. The van der Waals surface area contributed by atoms with E-state index in [1.54, 1.807) is 11.1 Å². The Morgan fingerprint density at radius 3 is 2.49 bits per heavy atom. The van der Waals surface area contributed by atoms with E-state index in [1.807, 2.05) is 76.8 Å². The van der Waals surface area contributed by atoms with Crippen LogP contribution in [0.15, 0.2) is 60.0 Å². The van der Waals surface area contributed by atoms with Gasteiger partial charge in [0.2, 0.25) is 5.91 Å². The van der Waals surface area contributed by atoms with Crippen molar-refractivity contribution in [3.63, 3.8) is 0 Å². The summed E-state index contributed by atoms with van der Waals surface area (Å²) in [4.78, 5) is 44.2. The number of anilines is 1. The van der Waals surface area contributed by atoms with E-state index in [9.17, 15) is 9.59 Å². The number of pyridine rings is 2. The molecule has 4 aromatic rings. The lowest BCUT2D eigenvalue weighted by Crippen LogP contribution is -2.58. The zero-order valence-corrected chi connectivity index (χ0v) is 24.3. The molecule has 1 aliphatic heterocycles. The zero-order valence-electron chi connectivity index (χ0n) is 24.3. The molecule has 0 spiro atoms. The number of hydrogen-bond donors (Lipinski definition) is 0. The monoisotopic (exact) mass is 554 g/mol. The number of piperazine rings is 1. The zero-order chi connectivity index (χ0) is 29.6. The van der Waals surface area contributed by atoms with Crippen LogP contribution in [0.2, 0.25) is 0 Å². The summed E-state index contributed by atoms with van der Waals surface area (Å²) in [5.41, 5.74) is 3.63. The molecular weight excluding hydrogens is 519 g/mol. The highest BCUT2D eigenvalue weighted by Gasteiger charge is 2.34. The Morgan fingerprint density at radius 2 is 1.80 bits per heavy atom. The van der Waals surface area contributed by atoms with Gasteiger partial charge in [0.1, 0.15) is 17.3 Å². The van der Waals surface area contributed by atoms with Crippen molar-refractivity contribution in [3.05, 3.63) is 88.4 Å². The smallest absolute Gasteiger partial charge is 0.349 e. The second-order valence-electron chi connectivity index (χ2n) is 11.1. The van der Waals surface area contributed by atoms with Crippen molar-refractivity contribution in [3.8, 4) is 16.9 Å². The van der Waals surface area contributed by atoms with Crippen LogP contribution in [0.4, 0.5) is 10.2 Å². The second kappa shape index (κ2) is 10.9. The van der Waals surface area contributed by atoms with Gasteiger partial charge in [-0.15, -0.1) is 0 Å². The highest BCUT2D eigenvalue weighted by atomic mass is 19.1. The van der Waals surface area contributed by atoms with Crippen molar-refractivity contribution >= 4 is 22.8 Å². The highest BCUT2D eigenvalue weighted by Crippen LogP contribution is 2.34. The molecule has 212 valence electrons. The number of aryl methyl sites for hydroxylation is 2. The van der Waals surface area contributed by atoms with E-state index in [4.69, 9.17) is 4.98 Å². The van der Waals surface area contributed by atoms with Crippen LogP contribution in [0.5, 0.6) is 0 Å². The van der Waals surface area contributed by atoms with Gasteiger partial charge >= 0.3 is 5.69 Å². The summed E-state index contributed by atoms with van der Waals surface area (Å²) in [5.74, 6) is -0.296. The minimum absolute atomic E-state index is 0.0131. The van der Waals surface area contributed by atoms with Gasteiger partial charge in [-0.2, -0.15) is 4.98 Å². The molecule has 0 N–H and O–H groups in total. The lowest BCUT2D eigenvalue weighted by atomic mass is 10.0. The number of hydrogen-bond acceptors (Lipinski definition) is 6. The predicted molar refractivity (Wildman–Crippen MR) is 160 cm³/mol. The van der Waals surface area contributed by atoms with E-state index >= 15 is 4.39 Å². The van der Waals surface area contributed by atoms with Crippen LogP contribution in [-0.2, 0) is 4.79 Å². The Bertz CT molecular complexity index is 1730. The third kappa shape index (κ3) is 4.90. The molecule has 1 aromatic carbocycles. The Labute approximate surface area is 239 Å². The Hall–Kier alpha value is -4.40. The number of carbonyl (C=O) groups is 1. The first-order valence-electron chi connectivity index (χ1n) is 13.9. The number of nitrogens with zero attached hydrogens (tertiary/aromatic N) is 6. The van der Waals surface area contributed by atoms with Gasteiger partial charge < -0.3 is 9.80 Å². The topological polar surface area (TPSA) is 84.2 Å². The summed E-state index contributed by atoms with van der Waals surface area (Å²) in [5, 5.41) is 0.417. The normalized spacial score (nSPS) is 17.4. The quantitative estimate of drug-likeness (QED) is 0.310. The molecule has 0 bridgehead atoms. The maximum atomic E-state index is 16.0. The molecule has 1 aliphatic rings. The molecule has 3 aromatic heterocycles. The van der Waals surface area contributed by atoms with Gasteiger partial charge in [-0.3, -0.25) is 9.78 Å². The average molecular weight is 555 g/mol. The fourth-order valence-corrected chi connectivity index (χ4v) is 5.68. The molecule has 0 saturated carbocycles. The van der Waals surface area contributed by atoms with Gasteiger partial charge in [0.05, 0.1) is 16.8 Å². The van der Waals surface area contributed by atoms with Crippen molar-refractivity contribution < 1.29 is 9.18 Å². The highest BCUT2D eigenvalue weighted by molar-refractivity contribution is 5.91. The molecule has 1 saturated heterocycles. The van der Waals surface area contributed by atoms with E-state index in [0.717, 1.165) is 16.8 Å². The molecule has 9 heteroatoms. The fraction of sp³-hybridized carbons (Fsp3) is 0.344. The van der Waals surface area contributed by atoms with E-state index in [1.165, 1.54) is 16.7 Å². The number of amides is 1. The number of benzene rings is 1. The van der Waals surface area contributed by atoms with E-state index in [0.29, 0.717) is 41.2 Å². The van der Waals surface area contributed by atoms with Crippen LogP contribution in [-0.4, -0.2) is 55.5 Å². The molecule has 5 rings (SSSR count). The number of aromatic nitrogens is 4. The third-order valence-corrected chi connectivity index (χ3v) is 7.84. The molecule has 0 aliphatic carbocycles. The van der Waals surface area contributed by atoms with Gasteiger partial charge in [-0.1, -0.05) is 44.7 Å². The van der Waals surface area contributed by atoms with E-state index in [2.05, 4.69) is 16.5 Å². The van der Waals surface area contributed by atoms with Gasteiger partial charge in [0, 0.05) is 36.9 Å². The molecule has 1 amide bonds. The van der Waals surface area contributed by atoms with Crippen molar-refractivity contribution in [1.29, 1.82) is 0 Å². The average Bonchev–Trinajstić information content (AvgIpc) is 2.94. The third-order valence-electron chi connectivity index (χ3n) is 7.84. The molecule has 8 nitrogen and oxygen atoms in total. The fourth-order valence-electron chi connectivity index (χ4n) is 5.68. The van der Waals surface area contributed by atoms with Crippen LogP contribution in [0, 0.1) is 19.7 Å². The van der Waals surface area contributed by atoms with Crippen LogP contribution < -0.4 is 10.6 Å². The Morgan fingerprint density at radius 1 is 1.07 bits per heavy atom. The summed E-state index contributed by atoms with van der Waals surface area (Å²) >= 11 is 0. The lowest BCUT2D eigenvalue weighted by Gasteiger charge is -2.44. The number of carbonyl (C=O) groups excluding carboxylic acids is 1. The molecular formula is C32H35FN6O2. The van der Waals surface area contributed by atoms with Crippen molar-refractivity contribution in [2.45, 2.75) is 59.5 Å². The van der Waals surface area contributed by atoms with Gasteiger partial charge in [-0.25, -0.2) is 18.7 Å². The van der Waals surface area contributed by atoms with Crippen molar-refractivity contribution in [2.75, 3.05) is 18.0 Å².